The number of carbonyl (C=O) groups is 1. The van der Waals surface area contributed by atoms with Crippen LogP contribution >= 0.6 is 15.9 Å². The van der Waals surface area contributed by atoms with E-state index in [1.54, 1.807) is 16.9 Å². The van der Waals surface area contributed by atoms with Gasteiger partial charge in [-0.05, 0) is 36.4 Å². The first-order chi connectivity index (χ1) is 10.2. The number of benzene rings is 2. The molecule has 0 saturated carbocycles. The van der Waals surface area contributed by atoms with Gasteiger partial charge in [-0.2, -0.15) is 5.10 Å². The Balaban J connectivity index is 1.92. The first kappa shape index (κ1) is 13.6. The Morgan fingerprint density at radius 1 is 1.10 bits per heavy atom. The molecule has 5 heteroatoms. The second kappa shape index (κ2) is 5.93. The first-order valence-corrected chi connectivity index (χ1v) is 7.19. The quantitative estimate of drug-likeness (QED) is 0.785. The summed E-state index contributed by atoms with van der Waals surface area (Å²) in [6.07, 6.45) is 3.49. The number of hydrogen-bond acceptors (Lipinski definition) is 2. The number of para-hydroxylation sites is 1. The van der Waals surface area contributed by atoms with Gasteiger partial charge in [-0.3, -0.25) is 4.79 Å². The largest absolute Gasteiger partial charge is 0.322 e. The number of amides is 1. The maximum Gasteiger partial charge on any atom is 0.257 e. The summed E-state index contributed by atoms with van der Waals surface area (Å²) in [6.45, 7) is 0. The van der Waals surface area contributed by atoms with E-state index < -0.39 is 0 Å². The van der Waals surface area contributed by atoms with Crippen molar-refractivity contribution in [3.05, 3.63) is 77.0 Å². The van der Waals surface area contributed by atoms with Gasteiger partial charge >= 0.3 is 0 Å². The highest BCUT2D eigenvalue weighted by Crippen LogP contribution is 2.19. The SMILES string of the molecule is O=C(Nc1cccc(Br)c1)c1ccccc1-n1cccn1. The van der Waals surface area contributed by atoms with E-state index in [0.29, 0.717) is 5.56 Å². The van der Waals surface area contributed by atoms with E-state index in [2.05, 4.69) is 26.3 Å². The standard InChI is InChI=1S/C16H12BrN3O/c17-12-5-3-6-13(11-12)19-16(21)14-7-1-2-8-15(14)20-10-4-9-18-20/h1-11H,(H,19,21). The van der Waals surface area contributed by atoms with Crippen LogP contribution in [-0.2, 0) is 0 Å². The molecular formula is C16H12BrN3O. The summed E-state index contributed by atoms with van der Waals surface area (Å²) in [5.41, 5.74) is 2.06. The predicted octanol–water partition coefficient (Wildman–Crippen LogP) is 3.89. The normalized spacial score (nSPS) is 10.3. The molecule has 0 aliphatic heterocycles. The highest BCUT2D eigenvalue weighted by Gasteiger charge is 2.12. The number of hydrogen-bond donors (Lipinski definition) is 1. The van der Waals surface area contributed by atoms with Crippen LogP contribution in [0, 0.1) is 0 Å². The Morgan fingerprint density at radius 3 is 2.71 bits per heavy atom. The van der Waals surface area contributed by atoms with Crippen molar-refractivity contribution in [3.63, 3.8) is 0 Å². The molecule has 2 aromatic carbocycles. The van der Waals surface area contributed by atoms with Gasteiger partial charge in [-0.15, -0.1) is 0 Å². The van der Waals surface area contributed by atoms with Crippen LogP contribution in [-0.4, -0.2) is 15.7 Å². The van der Waals surface area contributed by atoms with Gasteiger partial charge in [0.2, 0.25) is 0 Å². The second-order valence-corrected chi connectivity index (χ2v) is 5.35. The van der Waals surface area contributed by atoms with Crippen molar-refractivity contribution in [2.45, 2.75) is 0 Å². The van der Waals surface area contributed by atoms with Crippen LogP contribution in [0.1, 0.15) is 10.4 Å². The van der Waals surface area contributed by atoms with Crippen molar-refractivity contribution in [2.24, 2.45) is 0 Å². The molecule has 0 aliphatic carbocycles. The van der Waals surface area contributed by atoms with Crippen molar-refractivity contribution in [2.75, 3.05) is 5.32 Å². The number of anilines is 1. The molecule has 1 N–H and O–H groups in total. The predicted molar refractivity (Wildman–Crippen MR) is 85.7 cm³/mol. The molecule has 1 aromatic heterocycles. The maximum atomic E-state index is 12.5. The Kier molecular flexibility index (Phi) is 3.83. The zero-order valence-electron chi connectivity index (χ0n) is 11.0. The zero-order valence-corrected chi connectivity index (χ0v) is 12.6. The summed E-state index contributed by atoms with van der Waals surface area (Å²) in [5, 5.41) is 7.07. The summed E-state index contributed by atoms with van der Waals surface area (Å²) in [4.78, 5) is 12.5. The Hall–Kier alpha value is -2.40. The molecule has 1 heterocycles. The average molecular weight is 342 g/mol. The summed E-state index contributed by atoms with van der Waals surface area (Å²) in [5.74, 6) is -0.167. The summed E-state index contributed by atoms with van der Waals surface area (Å²) >= 11 is 3.39. The highest BCUT2D eigenvalue weighted by molar-refractivity contribution is 9.10. The topological polar surface area (TPSA) is 46.9 Å². The molecule has 104 valence electrons. The fraction of sp³-hybridized carbons (Fsp3) is 0. The summed E-state index contributed by atoms with van der Waals surface area (Å²) in [7, 11) is 0. The van der Waals surface area contributed by atoms with E-state index in [-0.39, 0.29) is 5.91 Å². The summed E-state index contributed by atoms with van der Waals surface area (Å²) in [6, 6.07) is 16.7. The molecule has 0 saturated heterocycles. The molecule has 3 rings (SSSR count). The number of nitrogens with zero attached hydrogens (tertiary/aromatic N) is 2. The van der Waals surface area contributed by atoms with Crippen molar-refractivity contribution < 1.29 is 4.79 Å². The smallest absolute Gasteiger partial charge is 0.257 e. The van der Waals surface area contributed by atoms with Crippen molar-refractivity contribution in [3.8, 4) is 5.69 Å². The molecule has 0 unspecified atom stereocenters. The minimum Gasteiger partial charge on any atom is -0.322 e. The number of rotatable bonds is 3. The highest BCUT2D eigenvalue weighted by atomic mass is 79.9. The third-order valence-corrected chi connectivity index (χ3v) is 3.48. The lowest BCUT2D eigenvalue weighted by Crippen LogP contribution is -2.15. The van der Waals surface area contributed by atoms with Crippen LogP contribution in [0.2, 0.25) is 0 Å². The van der Waals surface area contributed by atoms with Gasteiger partial charge in [0.05, 0.1) is 11.3 Å². The lowest BCUT2D eigenvalue weighted by Gasteiger charge is -2.10. The fourth-order valence-corrected chi connectivity index (χ4v) is 2.44. The minimum absolute atomic E-state index is 0.167. The first-order valence-electron chi connectivity index (χ1n) is 6.40. The monoisotopic (exact) mass is 341 g/mol. The second-order valence-electron chi connectivity index (χ2n) is 4.43. The minimum atomic E-state index is -0.167. The Bertz CT molecular complexity index is 769. The van der Waals surface area contributed by atoms with E-state index in [1.165, 1.54) is 0 Å². The molecule has 0 spiro atoms. The zero-order chi connectivity index (χ0) is 14.7. The van der Waals surface area contributed by atoms with Gasteiger partial charge in [0.15, 0.2) is 0 Å². The van der Waals surface area contributed by atoms with Gasteiger partial charge in [0, 0.05) is 22.6 Å². The molecular weight excluding hydrogens is 330 g/mol. The van der Waals surface area contributed by atoms with E-state index in [0.717, 1.165) is 15.8 Å². The molecule has 4 nitrogen and oxygen atoms in total. The van der Waals surface area contributed by atoms with Gasteiger partial charge < -0.3 is 5.32 Å². The molecule has 0 bridgehead atoms. The van der Waals surface area contributed by atoms with Crippen molar-refractivity contribution >= 4 is 27.5 Å². The van der Waals surface area contributed by atoms with Gasteiger partial charge in [0.1, 0.15) is 0 Å². The average Bonchev–Trinajstić information content (AvgIpc) is 3.01. The number of aromatic nitrogens is 2. The van der Waals surface area contributed by atoms with E-state index in [1.807, 2.05) is 54.7 Å². The lowest BCUT2D eigenvalue weighted by molar-refractivity contribution is 0.102. The lowest BCUT2D eigenvalue weighted by atomic mass is 10.1. The third kappa shape index (κ3) is 3.03. The Morgan fingerprint density at radius 2 is 1.95 bits per heavy atom. The van der Waals surface area contributed by atoms with E-state index in [9.17, 15) is 4.79 Å². The van der Waals surface area contributed by atoms with Crippen LogP contribution in [0.5, 0.6) is 0 Å². The molecule has 3 aromatic rings. The van der Waals surface area contributed by atoms with Gasteiger partial charge in [-0.25, -0.2) is 4.68 Å². The van der Waals surface area contributed by atoms with Crippen molar-refractivity contribution in [1.82, 2.24) is 9.78 Å². The Labute approximate surface area is 130 Å². The van der Waals surface area contributed by atoms with Crippen LogP contribution in [0.25, 0.3) is 5.69 Å². The van der Waals surface area contributed by atoms with Crippen LogP contribution in [0.3, 0.4) is 0 Å². The maximum absolute atomic E-state index is 12.5. The molecule has 0 radical (unpaired) electrons. The third-order valence-electron chi connectivity index (χ3n) is 2.98. The molecule has 0 atom stereocenters. The van der Waals surface area contributed by atoms with E-state index in [4.69, 9.17) is 0 Å². The van der Waals surface area contributed by atoms with E-state index >= 15 is 0 Å². The molecule has 0 aliphatic rings. The number of carbonyl (C=O) groups excluding carboxylic acids is 1. The van der Waals surface area contributed by atoms with Gasteiger partial charge in [0.25, 0.3) is 5.91 Å². The van der Waals surface area contributed by atoms with Crippen molar-refractivity contribution in [1.29, 1.82) is 0 Å². The molecule has 21 heavy (non-hydrogen) atoms. The van der Waals surface area contributed by atoms with Crippen LogP contribution < -0.4 is 5.32 Å². The fourth-order valence-electron chi connectivity index (χ4n) is 2.04. The molecule has 0 fully saturated rings. The summed E-state index contributed by atoms with van der Waals surface area (Å²) < 4.78 is 2.59. The molecule has 1 amide bonds. The number of halogens is 1. The van der Waals surface area contributed by atoms with Gasteiger partial charge in [-0.1, -0.05) is 34.1 Å². The van der Waals surface area contributed by atoms with Crippen LogP contribution in [0.15, 0.2) is 71.5 Å². The number of nitrogens with one attached hydrogen (secondary N) is 1. The van der Waals surface area contributed by atoms with Crippen LogP contribution in [0.4, 0.5) is 5.69 Å².